The van der Waals surface area contributed by atoms with Crippen molar-refractivity contribution in [2.24, 2.45) is 0 Å². The van der Waals surface area contributed by atoms with Crippen molar-refractivity contribution in [1.82, 2.24) is 0 Å². The van der Waals surface area contributed by atoms with Crippen LogP contribution in [0.1, 0.15) is 11.1 Å². The van der Waals surface area contributed by atoms with Crippen LogP contribution in [0.2, 0.25) is 5.02 Å². The molecule has 0 radical (unpaired) electrons. The van der Waals surface area contributed by atoms with E-state index in [-0.39, 0.29) is 11.1 Å². The van der Waals surface area contributed by atoms with Crippen molar-refractivity contribution in [3.63, 3.8) is 0 Å². The number of nitrogens with zero attached hydrogens (tertiary/aromatic N) is 1. The van der Waals surface area contributed by atoms with Crippen molar-refractivity contribution < 1.29 is 19.1 Å². The number of hydrogen-bond acceptors (Lipinski definition) is 5. The van der Waals surface area contributed by atoms with Crippen molar-refractivity contribution >= 4 is 46.3 Å². The molecule has 1 saturated heterocycles. The number of rotatable bonds is 6. The van der Waals surface area contributed by atoms with Crippen LogP contribution in [0.4, 0.5) is 10.5 Å². The molecule has 0 N–H and O–H groups in total. The smallest absolute Gasteiger partial charge is 0.298 e. The zero-order chi connectivity index (χ0) is 21.8. The molecule has 0 bridgehead atoms. The highest BCUT2D eigenvalue weighted by Crippen LogP contribution is 2.36. The van der Waals surface area contributed by atoms with Crippen molar-refractivity contribution in [2.45, 2.75) is 6.61 Å². The lowest BCUT2D eigenvalue weighted by Gasteiger charge is -2.12. The van der Waals surface area contributed by atoms with Gasteiger partial charge < -0.3 is 9.47 Å². The summed E-state index contributed by atoms with van der Waals surface area (Å²) in [5.74, 6) is 0.991. The molecular formula is C24H18ClNO4S. The Balaban J connectivity index is 1.45. The number of benzene rings is 3. The van der Waals surface area contributed by atoms with Crippen LogP contribution in [0.3, 0.4) is 0 Å². The third kappa shape index (κ3) is 4.76. The van der Waals surface area contributed by atoms with Gasteiger partial charge in [0.15, 0.2) is 0 Å². The molecule has 3 aromatic rings. The van der Waals surface area contributed by atoms with E-state index in [1.807, 2.05) is 48.5 Å². The minimum absolute atomic E-state index is 0.332. The second kappa shape index (κ2) is 9.29. The highest BCUT2D eigenvalue weighted by Gasteiger charge is 2.36. The predicted octanol–water partition coefficient (Wildman–Crippen LogP) is 6.17. The van der Waals surface area contributed by atoms with Gasteiger partial charge in [-0.1, -0.05) is 41.9 Å². The molecule has 0 saturated carbocycles. The highest BCUT2D eigenvalue weighted by atomic mass is 35.5. The normalized spacial score (nSPS) is 14.9. The number of imide groups is 1. The Hall–Kier alpha value is -3.22. The summed E-state index contributed by atoms with van der Waals surface area (Å²) in [5.41, 5.74) is 2.21. The Morgan fingerprint density at radius 2 is 1.61 bits per heavy atom. The van der Waals surface area contributed by atoms with Gasteiger partial charge >= 0.3 is 0 Å². The summed E-state index contributed by atoms with van der Waals surface area (Å²) in [5, 5.41) is 0.327. The second-order valence-electron chi connectivity index (χ2n) is 6.66. The molecule has 7 heteroatoms. The van der Waals surface area contributed by atoms with E-state index in [0.717, 1.165) is 27.8 Å². The molecular weight excluding hydrogens is 434 g/mol. The van der Waals surface area contributed by atoms with Crippen molar-refractivity contribution in [3.05, 3.63) is 93.9 Å². The van der Waals surface area contributed by atoms with Gasteiger partial charge in [0, 0.05) is 10.6 Å². The van der Waals surface area contributed by atoms with E-state index < -0.39 is 0 Å². The molecule has 3 aromatic carbocycles. The summed E-state index contributed by atoms with van der Waals surface area (Å²) < 4.78 is 10.9. The lowest BCUT2D eigenvalue weighted by atomic mass is 10.2. The van der Waals surface area contributed by atoms with Crippen LogP contribution in [0.15, 0.2) is 77.7 Å². The quantitative estimate of drug-likeness (QED) is 0.419. The maximum atomic E-state index is 12.8. The topological polar surface area (TPSA) is 55.8 Å². The first kappa shape index (κ1) is 21.0. The second-order valence-corrected chi connectivity index (χ2v) is 8.06. The van der Waals surface area contributed by atoms with E-state index >= 15 is 0 Å². The van der Waals surface area contributed by atoms with Crippen LogP contribution in [0, 0.1) is 0 Å². The van der Waals surface area contributed by atoms with Gasteiger partial charge in [0.1, 0.15) is 18.1 Å². The van der Waals surface area contributed by atoms with Gasteiger partial charge in [-0.25, -0.2) is 4.90 Å². The first-order valence-corrected chi connectivity index (χ1v) is 10.6. The third-order valence-corrected chi connectivity index (χ3v) is 5.89. The molecule has 1 aliphatic heterocycles. The molecule has 1 heterocycles. The monoisotopic (exact) mass is 451 g/mol. The largest absolute Gasteiger partial charge is 0.497 e. The molecule has 0 unspecified atom stereocenters. The maximum Gasteiger partial charge on any atom is 0.298 e. The first-order valence-electron chi connectivity index (χ1n) is 9.43. The number of hydrogen-bond donors (Lipinski definition) is 0. The van der Waals surface area contributed by atoms with E-state index in [9.17, 15) is 9.59 Å². The summed E-state index contributed by atoms with van der Waals surface area (Å²) in [4.78, 5) is 26.7. The molecule has 1 aliphatic rings. The minimum atomic E-state index is -0.348. The van der Waals surface area contributed by atoms with Crippen LogP contribution in [-0.2, 0) is 11.4 Å². The zero-order valence-corrected chi connectivity index (χ0v) is 18.2. The minimum Gasteiger partial charge on any atom is -0.497 e. The lowest BCUT2D eigenvalue weighted by molar-refractivity contribution is -0.113. The number of carbonyl (C=O) groups is 2. The summed E-state index contributed by atoms with van der Waals surface area (Å²) in [6.45, 7) is 0.361. The number of amides is 2. The van der Waals surface area contributed by atoms with E-state index in [1.165, 1.54) is 0 Å². The molecule has 0 aromatic heterocycles. The fraction of sp³-hybridized carbons (Fsp3) is 0.0833. The van der Waals surface area contributed by atoms with Crippen LogP contribution >= 0.6 is 23.4 Å². The lowest BCUT2D eigenvalue weighted by Crippen LogP contribution is -2.27. The van der Waals surface area contributed by atoms with Gasteiger partial charge in [-0.3, -0.25) is 9.59 Å². The summed E-state index contributed by atoms with van der Waals surface area (Å²) in [6, 6.07) is 21.6. The Morgan fingerprint density at radius 3 is 2.29 bits per heavy atom. The Kier molecular flexibility index (Phi) is 6.30. The molecule has 0 aliphatic carbocycles. The van der Waals surface area contributed by atoms with Gasteiger partial charge in [-0.2, -0.15) is 0 Å². The molecule has 4 rings (SSSR count). The highest BCUT2D eigenvalue weighted by molar-refractivity contribution is 8.19. The van der Waals surface area contributed by atoms with E-state index in [4.69, 9.17) is 21.1 Å². The number of halogens is 1. The third-order valence-electron chi connectivity index (χ3n) is 4.65. The Morgan fingerprint density at radius 1 is 0.935 bits per heavy atom. The first-order chi connectivity index (χ1) is 15.0. The van der Waals surface area contributed by atoms with E-state index in [2.05, 4.69) is 0 Å². The van der Waals surface area contributed by atoms with E-state index in [1.54, 1.807) is 37.5 Å². The fourth-order valence-corrected chi connectivity index (χ4v) is 4.04. The number of carbonyl (C=O) groups excluding carboxylic acids is 2. The summed E-state index contributed by atoms with van der Waals surface area (Å²) in [6.07, 6.45) is 1.70. The average Bonchev–Trinajstić information content (AvgIpc) is 3.07. The van der Waals surface area contributed by atoms with Gasteiger partial charge in [-0.05, 0) is 65.9 Å². The molecule has 2 amide bonds. The van der Waals surface area contributed by atoms with Gasteiger partial charge in [0.2, 0.25) is 0 Å². The molecule has 31 heavy (non-hydrogen) atoms. The number of anilines is 1. The van der Waals surface area contributed by atoms with Crippen molar-refractivity contribution in [3.8, 4) is 11.5 Å². The zero-order valence-electron chi connectivity index (χ0n) is 16.6. The maximum absolute atomic E-state index is 12.8. The summed E-state index contributed by atoms with van der Waals surface area (Å²) in [7, 11) is 1.56. The summed E-state index contributed by atoms with van der Waals surface area (Å²) >= 11 is 7.06. The van der Waals surface area contributed by atoms with Gasteiger partial charge in [-0.15, -0.1) is 0 Å². The molecule has 156 valence electrons. The molecule has 5 nitrogen and oxygen atoms in total. The Bertz CT molecular complexity index is 1140. The van der Waals surface area contributed by atoms with Crippen LogP contribution in [0.25, 0.3) is 6.08 Å². The van der Waals surface area contributed by atoms with Gasteiger partial charge in [0.05, 0.1) is 17.7 Å². The average molecular weight is 452 g/mol. The predicted molar refractivity (Wildman–Crippen MR) is 124 cm³/mol. The van der Waals surface area contributed by atoms with Crippen LogP contribution < -0.4 is 14.4 Å². The van der Waals surface area contributed by atoms with Crippen molar-refractivity contribution in [2.75, 3.05) is 12.0 Å². The standard InChI is InChI=1S/C24H18ClNO4S/c1-29-19-12-8-18(9-13-19)26-23(27)22(31-24(26)28)14-16-6-10-20(11-7-16)30-15-17-4-2-3-5-21(17)25/h2-14H,15H2,1H3/b22-14-. The molecule has 0 spiro atoms. The van der Waals surface area contributed by atoms with Gasteiger partial charge in [0.25, 0.3) is 11.1 Å². The van der Waals surface area contributed by atoms with Crippen molar-refractivity contribution in [1.29, 1.82) is 0 Å². The number of thioether (sulfide) groups is 1. The van der Waals surface area contributed by atoms with E-state index in [0.29, 0.717) is 33.7 Å². The Labute approximate surface area is 189 Å². The fourth-order valence-electron chi connectivity index (χ4n) is 3.01. The number of methoxy groups -OCH3 is 1. The number of ether oxygens (including phenoxy) is 2. The molecule has 1 fully saturated rings. The van der Waals surface area contributed by atoms with Crippen LogP contribution in [0.5, 0.6) is 11.5 Å². The SMILES string of the molecule is COc1ccc(N2C(=O)S/C(=C\c3ccc(OCc4ccccc4Cl)cc3)C2=O)cc1. The van der Waals surface area contributed by atoms with Crippen LogP contribution in [-0.4, -0.2) is 18.3 Å². The molecule has 0 atom stereocenters.